The van der Waals surface area contributed by atoms with Gasteiger partial charge in [-0.2, -0.15) is 0 Å². The molecule has 3 saturated heterocycles. The molecule has 3 aliphatic heterocycles. The standard InChI is InChI=1S/C19H32FN3O2/c20-6-11-22-7-1-2-17(22)15-3-8-21(9-4-15)16-12-19(13-16)5-10-23(14-19)18(24)25/h15-17H,1-14H2,(H,24,25). The lowest BCUT2D eigenvalue weighted by Crippen LogP contribution is -2.55. The van der Waals surface area contributed by atoms with Crippen molar-refractivity contribution >= 4 is 6.09 Å². The summed E-state index contributed by atoms with van der Waals surface area (Å²) >= 11 is 0. The monoisotopic (exact) mass is 353 g/mol. The van der Waals surface area contributed by atoms with Crippen LogP contribution in [-0.2, 0) is 0 Å². The first-order chi connectivity index (χ1) is 12.1. The second-order valence-electron chi connectivity index (χ2n) is 8.82. The summed E-state index contributed by atoms with van der Waals surface area (Å²) in [4.78, 5) is 17.8. The van der Waals surface area contributed by atoms with Gasteiger partial charge in [0.25, 0.3) is 0 Å². The number of halogens is 1. The topological polar surface area (TPSA) is 47.0 Å². The second kappa shape index (κ2) is 7.03. The van der Waals surface area contributed by atoms with Crippen molar-refractivity contribution in [2.24, 2.45) is 11.3 Å². The van der Waals surface area contributed by atoms with Gasteiger partial charge in [-0.1, -0.05) is 0 Å². The second-order valence-corrected chi connectivity index (χ2v) is 8.82. The van der Waals surface area contributed by atoms with E-state index in [2.05, 4.69) is 9.80 Å². The third-order valence-corrected chi connectivity index (χ3v) is 7.47. The zero-order valence-electron chi connectivity index (χ0n) is 15.2. The van der Waals surface area contributed by atoms with Gasteiger partial charge >= 0.3 is 6.09 Å². The Bertz CT molecular complexity index is 489. The number of likely N-dealkylation sites (tertiary alicyclic amines) is 3. The molecule has 1 atom stereocenters. The Kier molecular flexibility index (Phi) is 4.93. The van der Waals surface area contributed by atoms with E-state index in [4.69, 9.17) is 5.11 Å². The molecule has 0 aromatic carbocycles. The maximum absolute atomic E-state index is 12.7. The average molecular weight is 353 g/mol. The smallest absolute Gasteiger partial charge is 0.407 e. The maximum Gasteiger partial charge on any atom is 0.407 e. The molecule has 1 aliphatic carbocycles. The molecule has 1 N–H and O–H groups in total. The molecule has 142 valence electrons. The van der Waals surface area contributed by atoms with Crippen LogP contribution in [0.15, 0.2) is 0 Å². The summed E-state index contributed by atoms with van der Waals surface area (Å²) in [7, 11) is 0. The average Bonchev–Trinajstić information content (AvgIpc) is 3.21. The van der Waals surface area contributed by atoms with E-state index in [-0.39, 0.29) is 12.1 Å². The molecule has 3 heterocycles. The van der Waals surface area contributed by atoms with E-state index in [1.54, 1.807) is 4.90 Å². The Hall–Kier alpha value is -0.880. The number of nitrogens with zero attached hydrogens (tertiary/aromatic N) is 3. The number of hydrogen-bond acceptors (Lipinski definition) is 3. The van der Waals surface area contributed by atoms with E-state index < -0.39 is 6.09 Å². The fraction of sp³-hybridized carbons (Fsp3) is 0.947. The molecule has 4 fully saturated rings. The van der Waals surface area contributed by atoms with Gasteiger partial charge in [0, 0.05) is 31.7 Å². The van der Waals surface area contributed by atoms with Gasteiger partial charge in [-0.3, -0.25) is 4.90 Å². The van der Waals surface area contributed by atoms with Crippen molar-refractivity contribution in [3.8, 4) is 0 Å². The van der Waals surface area contributed by atoms with Crippen molar-refractivity contribution < 1.29 is 14.3 Å². The van der Waals surface area contributed by atoms with Crippen LogP contribution in [-0.4, -0.2) is 83.9 Å². The predicted octanol–water partition coefficient (Wildman–Crippen LogP) is 2.66. The number of hydrogen-bond donors (Lipinski definition) is 1. The Morgan fingerprint density at radius 1 is 1.12 bits per heavy atom. The summed E-state index contributed by atoms with van der Waals surface area (Å²) < 4.78 is 12.7. The molecule has 0 radical (unpaired) electrons. The number of rotatable bonds is 4. The quantitative estimate of drug-likeness (QED) is 0.844. The van der Waals surface area contributed by atoms with Crippen LogP contribution in [0.1, 0.15) is 44.9 Å². The molecule has 1 amide bonds. The highest BCUT2D eigenvalue weighted by Gasteiger charge is 2.51. The van der Waals surface area contributed by atoms with E-state index >= 15 is 0 Å². The van der Waals surface area contributed by atoms with Crippen LogP contribution in [0.2, 0.25) is 0 Å². The Morgan fingerprint density at radius 2 is 1.88 bits per heavy atom. The van der Waals surface area contributed by atoms with Crippen LogP contribution >= 0.6 is 0 Å². The Balaban J connectivity index is 1.23. The molecule has 1 saturated carbocycles. The van der Waals surface area contributed by atoms with Crippen molar-refractivity contribution in [1.29, 1.82) is 0 Å². The molecule has 4 aliphatic rings. The summed E-state index contributed by atoms with van der Waals surface area (Å²) in [6.07, 6.45) is 7.63. The molecule has 4 rings (SSSR count). The third-order valence-electron chi connectivity index (χ3n) is 7.47. The van der Waals surface area contributed by atoms with Crippen LogP contribution < -0.4 is 0 Å². The van der Waals surface area contributed by atoms with Gasteiger partial charge in [-0.15, -0.1) is 0 Å². The van der Waals surface area contributed by atoms with E-state index in [0.717, 1.165) is 32.0 Å². The largest absolute Gasteiger partial charge is 0.465 e. The molecule has 1 spiro atoms. The van der Waals surface area contributed by atoms with Crippen molar-refractivity contribution in [1.82, 2.24) is 14.7 Å². The van der Waals surface area contributed by atoms with Crippen LogP contribution in [0.4, 0.5) is 9.18 Å². The summed E-state index contributed by atoms with van der Waals surface area (Å²) in [5, 5.41) is 9.16. The summed E-state index contributed by atoms with van der Waals surface area (Å²) in [5.41, 5.74) is 0.281. The Morgan fingerprint density at radius 3 is 2.52 bits per heavy atom. The lowest BCUT2D eigenvalue weighted by molar-refractivity contribution is -0.0154. The van der Waals surface area contributed by atoms with Crippen molar-refractivity contribution in [2.45, 2.75) is 57.0 Å². The van der Waals surface area contributed by atoms with Gasteiger partial charge in [0.05, 0.1) is 0 Å². The molecular weight excluding hydrogens is 321 g/mol. The highest BCUT2D eigenvalue weighted by atomic mass is 19.1. The summed E-state index contributed by atoms with van der Waals surface area (Å²) in [5.74, 6) is 0.744. The highest BCUT2D eigenvalue weighted by Crippen LogP contribution is 2.50. The molecule has 0 bridgehead atoms. The first-order valence-electron chi connectivity index (χ1n) is 10.1. The van der Waals surface area contributed by atoms with E-state index in [9.17, 15) is 9.18 Å². The lowest BCUT2D eigenvalue weighted by Gasteiger charge is -2.52. The van der Waals surface area contributed by atoms with Gasteiger partial charge in [-0.25, -0.2) is 9.18 Å². The third kappa shape index (κ3) is 3.39. The van der Waals surface area contributed by atoms with Crippen LogP contribution in [0.5, 0.6) is 0 Å². The van der Waals surface area contributed by atoms with Gasteiger partial charge in [0.15, 0.2) is 0 Å². The fourth-order valence-corrected chi connectivity index (χ4v) is 6.07. The normalized spacial score (nSPS) is 37.7. The van der Waals surface area contributed by atoms with Crippen LogP contribution in [0.3, 0.4) is 0 Å². The van der Waals surface area contributed by atoms with Gasteiger partial charge in [0.1, 0.15) is 6.67 Å². The highest BCUT2D eigenvalue weighted by molar-refractivity contribution is 5.65. The number of carbonyl (C=O) groups is 1. The maximum atomic E-state index is 12.7. The molecule has 0 aromatic heterocycles. The number of amides is 1. The molecule has 0 aromatic rings. The SMILES string of the molecule is O=C(O)N1CCC2(CC(N3CCC(C4CCCN4CCF)CC3)C2)C1. The lowest BCUT2D eigenvalue weighted by atomic mass is 9.64. The van der Waals surface area contributed by atoms with Gasteiger partial charge < -0.3 is 14.9 Å². The molecule has 5 nitrogen and oxygen atoms in total. The number of alkyl halides is 1. The minimum Gasteiger partial charge on any atom is -0.465 e. The van der Waals surface area contributed by atoms with Gasteiger partial charge in [0.2, 0.25) is 0 Å². The van der Waals surface area contributed by atoms with Crippen LogP contribution in [0, 0.1) is 11.3 Å². The molecule has 6 heteroatoms. The predicted molar refractivity (Wildman–Crippen MR) is 94.5 cm³/mol. The van der Waals surface area contributed by atoms with E-state index in [1.165, 1.54) is 51.6 Å². The minimum atomic E-state index is -0.754. The minimum absolute atomic E-state index is 0.215. The number of piperidine rings is 1. The van der Waals surface area contributed by atoms with Crippen molar-refractivity contribution in [3.63, 3.8) is 0 Å². The number of carboxylic acid groups (broad SMARTS) is 1. The van der Waals surface area contributed by atoms with Crippen molar-refractivity contribution in [3.05, 3.63) is 0 Å². The zero-order valence-corrected chi connectivity index (χ0v) is 15.2. The first kappa shape index (κ1) is 17.5. The first-order valence-corrected chi connectivity index (χ1v) is 10.1. The van der Waals surface area contributed by atoms with Gasteiger partial charge in [-0.05, 0) is 75.9 Å². The summed E-state index contributed by atoms with van der Waals surface area (Å²) in [6.45, 7) is 5.30. The van der Waals surface area contributed by atoms with E-state index in [0.29, 0.717) is 18.6 Å². The molecule has 1 unspecified atom stereocenters. The summed E-state index contributed by atoms with van der Waals surface area (Å²) in [6, 6.07) is 1.28. The zero-order chi connectivity index (χ0) is 17.4. The fourth-order valence-electron chi connectivity index (χ4n) is 6.07. The van der Waals surface area contributed by atoms with Crippen LogP contribution in [0.25, 0.3) is 0 Å². The van der Waals surface area contributed by atoms with E-state index in [1.807, 2.05) is 0 Å². The molecule has 25 heavy (non-hydrogen) atoms. The van der Waals surface area contributed by atoms with Crippen molar-refractivity contribution in [2.75, 3.05) is 45.9 Å². The molecular formula is C19H32FN3O2. The Labute approximate surface area is 150 Å².